The van der Waals surface area contributed by atoms with Crippen LogP contribution < -0.4 is 5.46 Å². The van der Waals surface area contributed by atoms with Gasteiger partial charge in [0.15, 0.2) is 0 Å². The Labute approximate surface area is 224 Å². The number of hydrogen-bond donors (Lipinski definition) is 0. The first-order valence-corrected chi connectivity index (χ1v) is 13.1. The maximum atomic E-state index is 9.32. The van der Waals surface area contributed by atoms with E-state index in [1.165, 1.54) is 38.2 Å². The number of fused-ring (bicyclic) bond motifs is 2. The normalized spacial score (nSPS) is 16.2. The topological polar surface area (TPSA) is 42.2 Å². The molecule has 186 valence electrons. The Bertz CT molecular complexity index is 1710. The van der Waals surface area contributed by atoms with Crippen molar-refractivity contribution in [2.24, 2.45) is 0 Å². The van der Waals surface area contributed by atoms with Crippen LogP contribution in [0.25, 0.3) is 43.8 Å². The van der Waals surface area contributed by atoms with Crippen LogP contribution in [-0.2, 0) is 9.31 Å². The van der Waals surface area contributed by atoms with E-state index in [4.69, 9.17) is 9.31 Å². The summed E-state index contributed by atoms with van der Waals surface area (Å²) in [6, 6.07) is 34.1. The molecule has 3 nitrogen and oxygen atoms in total. The minimum atomic E-state index is -0.385. The minimum absolute atomic E-state index is 0.373. The molecule has 0 aliphatic carbocycles. The molecule has 0 radical (unpaired) electrons. The first-order chi connectivity index (χ1) is 18.2. The summed E-state index contributed by atoms with van der Waals surface area (Å²) in [5.41, 5.74) is 6.83. The van der Waals surface area contributed by atoms with Gasteiger partial charge >= 0.3 is 7.12 Å². The summed E-state index contributed by atoms with van der Waals surface area (Å²) in [7, 11) is -0.385. The van der Waals surface area contributed by atoms with Gasteiger partial charge in [-0.25, -0.2) is 0 Å². The number of rotatable bonds is 3. The number of benzene rings is 5. The first kappa shape index (κ1) is 24.4. The highest BCUT2D eigenvalue weighted by Crippen LogP contribution is 2.44. The molecule has 4 heteroatoms. The molecule has 0 amide bonds. The molecule has 0 N–H and O–H groups in total. The molecule has 0 unspecified atom stereocenters. The third-order valence-corrected chi connectivity index (χ3v) is 8.21. The molecule has 0 atom stereocenters. The van der Waals surface area contributed by atoms with Gasteiger partial charge in [-0.05, 0) is 96.0 Å². The SMILES string of the molecule is Cc1ccc2c(-c3ccc(B4OC(C)(C)C(C)(C)O4)cc3)c3ccccc3c(-c3ccc(C#N)cc3)c2c1. The van der Waals surface area contributed by atoms with Crippen molar-refractivity contribution in [3.8, 4) is 28.3 Å². The van der Waals surface area contributed by atoms with Gasteiger partial charge in [0.1, 0.15) is 0 Å². The fourth-order valence-electron chi connectivity index (χ4n) is 5.41. The van der Waals surface area contributed by atoms with Gasteiger partial charge in [0.25, 0.3) is 0 Å². The number of nitriles is 1. The summed E-state index contributed by atoms with van der Waals surface area (Å²) in [6.45, 7) is 10.5. The summed E-state index contributed by atoms with van der Waals surface area (Å²) >= 11 is 0. The van der Waals surface area contributed by atoms with E-state index in [9.17, 15) is 5.26 Å². The van der Waals surface area contributed by atoms with Crippen molar-refractivity contribution >= 4 is 34.1 Å². The molecule has 0 bridgehead atoms. The predicted molar refractivity (Wildman–Crippen MR) is 157 cm³/mol. The molecule has 1 saturated heterocycles. The fraction of sp³-hybridized carbons (Fsp3) is 0.206. The molecule has 1 aliphatic rings. The van der Waals surface area contributed by atoms with Gasteiger partial charge in [-0.15, -0.1) is 0 Å². The second kappa shape index (κ2) is 8.84. The second-order valence-electron chi connectivity index (χ2n) is 11.2. The van der Waals surface area contributed by atoms with Crippen LogP contribution in [0.2, 0.25) is 0 Å². The van der Waals surface area contributed by atoms with Gasteiger partial charge in [0, 0.05) is 0 Å². The van der Waals surface area contributed by atoms with E-state index in [0.29, 0.717) is 5.56 Å². The third-order valence-electron chi connectivity index (χ3n) is 8.21. The predicted octanol–water partition coefficient (Wildman–Crippen LogP) is 7.81. The molecule has 38 heavy (non-hydrogen) atoms. The van der Waals surface area contributed by atoms with Gasteiger partial charge in [-0.1, -0.05) is 84.4 Å². The summed E-state index contributed by atoms with van der Waals surface area (Å²) in [5, 5.41) is 14.1. The fourth-order valence-corrected chi connectivity index (χ4v) is 5.41. The van der Waals surface area contributed by atoms with Crippen LogP contribution in [0.5, 0.6) is 0 Å². The van der Waals surface area contributed by atoms with Crippen LogP contribution in [0.3, 0.4) is 0 Å². The Morgan fingerprint density at radius 2 is 1.13 bits per heavy atom. The number of aryl methyl sites for hydroxylation is 1. The van der Waals surface area contributed by atoms with E-state index < -0.39 is 0 Å². The van der Waals surface area contributed by atoms with Crippen molar-refractivity contribution in [2.45, 2.75) is 45.8 Å². The summed E-state index contributed by atoms with van der Waals surface area (Å²) in [6.07, 6.45) is 0. The van der Waals surface area contributed by atoms with Crippen molar-refractivity contribution in [3.05, 3.63) is 102 Å². The van der Waals surface area contributed by atoms with Crippen molar-refractivity contribution in [3.63, 3.8) is 0 Å². The molecular formula is C34H30BNO2. The van der Waals surface area contributed by atoms with Crippen LogP contribution in [0, 0.1) is 18.3 Å². The van der Waals surface area contributed by atoms with Gasteiger partial charge < -0.3 is 9.31 Å². The van der Waals surface area contributed by atoms with Crippen LogP contribution in [-0.4, -0.2) is 18.3 Å². The summed E-state index contributed by atoms with van der Waals surface area (Å²) in [5.74, 6) is 0. The monoisotopic (exact) mass is 495 g/mol. The lowest BCUT2D eigenvalue weighted by Gasteiger charge is -2.32. The van der Waals surface area contributed by atoms with Crippen LogP contribution in [0.15, 0.2) is 91.0 Å². The van der Waals surface area contributed by atoms with E-state index in [1.807, 2.05) is 12.1 Å². The Balaban J connectivity index is 1.55. The lowest BCUT2D eigenvalue weighted by Crippen LogP contribution is -2.41. The second-order valence-corrected chi connectivity index (χ2v) is 11.2. The quantitative estimate of drug-likeness (QED) is 0.189. The van der Waals surface area contributed by atoms with Crippen LogP contribution in [0.1, 0.15) is 38.8 Å². The van der Waals surface area contributed by atoms with Crippen LogP contribution >= 0.6 is 0 Å². The van der Waals surface area contributed by atoms with E-state index in [2.05, 4.69) is 120 Å². The van der Waals surface area contributed by atoms with E-state index in [0.717, 1.165) is 16.6 Å². The van der Waals surface area contributed by atoms with E-state index >= 15 is 0 Å². The Morgan fingerprint density at radius 1 is 0.632 bits per heavy atom. The van der Waals surface area contributed by atoms with Crippen molar-refractivity contribution in [1.82, 2.24) is 0 Å². The largest absolute Gasteiger partial charge is 0.494 e. The van der Waals surface area contributed by atoms with Gasteiger partial charge in [0.05, 0.1) is 22.8 Å². The highest BCUT2D eigenvalue weighted by molar-refractivity contribution is 6.62. The smallest absolute Gasteiger partial charge is 0.399 e. The molecule has 1 heterocycles. The zero-order valence-corrected chi connectivity index (χ0v) is 22.5. The van der Waals surface area contributed by atoms with E-state index in [1.54, 1.807) is 0 Å². The van der Waals surface area contributed by atoms with Gasteiger partial charge in [0.2, 0.25) is 0 Å². The van der Waals surface area contributed by atoms with Crippen molar-refractivity contribution in [2.75, 3.05) is 0 Å². The highest BCUT2D eigenvalue weighted by atomic mass is 16.7. The Kier molecular flexibility index (Phi) is 5.68. The van der Waals surface area contributed by atoms with Crippen LogP contribution in [0.4, 0.5) is 0 Å². The molecule has 5 aromatic rings. The maximum absolute atomic E-state index is 9.32. The maximum Gasteiger partial charge on any atom is 0.494 e. The molecule has 1 fully saturated rings. The highest BCUT2D eigenvalue weighted by Gasteiger charge is 2.51. The molecular weight excluding hydrogens is 465 g/mol. The minimum Gasteiger partial charge on any atom is -0.399 e. The molecule has 5 aromatic carbocycles. The molecule has 0 aromatic heterocycles. The zero-order valence-electron chi connectivity index (χ0n) is 22.5. The molecule has 6 rings (SSSR count). The lowest BCUT2D eigenvalue weighted by molar-refractivity contribution is 0.00578. The lowest BCUT2D eigenvalue weighted by atomic mass is 9.78. The number of nitrogens with zero attached hydrogens (tertiary/aromatic N) is 1. The average molecular weight is 495 g/mol. The molecule has 0 spiro atoms. The van der Waals surface area contributed by atoms with Gasteiger partial charge in [-0.3, -0.25) is 0 Å². The number of hydrogen-bond acceptors (Lipinski definition) is 3. The zero-order chi connectivity index (χ0) is 26.7. The Morgan fingerprint density at radius 3 is 1.68 bits per heavy atom. The summed E-state index contributed by atoms with van der Waals surface area (Å²) < 4.78 is 12.6. The summed E-state index contributed by atoms with van der Waals surface area (Å²) in [4.78, 5) is 0. The molecule has 0 saturated carbocycles. The Hall–Kier alpha value is -3.91. The molecule has 1 aliphatic heterocycles. The van der Waals surface area contributed by atoms with Crippen molar-refractivity contribution in [1.29, 1.82) is 5.26 Å². The average Bonchev–Trinajstić information content (AvgIpc) is 3.14. The standard InChI is InChI=1S/C34H30BNO2/c1-22-10-19-29-30(20-22)32(24-13-11-23(21-36)12-14-24)28-9-7-6-8-27(28)31(29)25-15-17-26(18-16-25)35-37-33(2,3)34(4,5)38-35/h6-20H,1-5H3. The first-order valence-electron chi connectivity index (χ1n) is 13.1. The van der Waals surface area contributed by atoms with Crippen molar-refractivity contribution < 1.29 is 9.31 Å². The van der Waals surface area contributed by atoms with Gasteiger partial charge in [-0.2, -0.15) is 5.26 Å². The third kappa shape index (κ3) is 3.91. The van der Waals surface area contributed by atoms with E-state index in [-0.39, 0.29) is 18.3 Å².